The Hall–Kier alpha value is -2.94. The molecule has 0 aromatic heterocycles. The molecule has 1 nitrogen and oxygen atoms in total. The third kappa shape index (κ3) is 10.3. The predicted octanol–water partition coefficient (Wildman–Crippen LogP) is 9.35. The van der Waals surface area contributed by atoms with Gasteiger partial charge in [0.15, 0.2) is 0 Å². The van der Waals surface area contributed by atoms with Gasteiger partial charge in [-0.2, -0.15) is 0 Å². The van der Waals surface area contributed by atoms with E-state index in [4.69, 9.17) is 0 Å². The van der Waals surface area contributed by atoms with Gasteiger partial charge in [0.2, 0.25) is 0 Å². The number of anilines is 1. The molecule has 0 amide bonds. The molecule has 5 heteroatoms. The maximum absolute atomic E-state index is 2.78. The van der Waals surface area contributed by atoms with Gasteiger partial charge in [0.1, 0.15) is 0 Å². The molecule has 0 radical (unpaired) electrons. The number of rotatable bonds is 12. The molecule has 0 aliphatic heterocycles. The molecule has 2 atom stereocenters. The Kier molecular flexibility index (Phi) is 16.6. The smallest absolute Gasteiger partial charge is 1.00 e. The maximum Gasteiger partial charge on any atom is 2.00 e. The van der Waals surface area contributed by atoms with E-state index in [1.165, 1.54) is 87.5 Å². The van der Waals surface area contributed by atoms with E-state index >= 15 is 0 Å². The van der Waals surface area contributed by atoms with Crippen LogP contribution in [0.25, 0.3) is 34.4 Å². The average molecular weight is 932 g/mol. The minimum absolute atomic E-state index is 0. The van der Waals surface area contributed by atoms with Crippen LogP contribution in [-0.4, -0.2) is 22.2 Å². The van der Waals surface area contributed by atoms with Crippen molar-refractivity contribution in [2.45, 2.75) is 122 Å². The first-order chi connectivity index (χ1) is 27.1. The van der Waals surface area contributed by atoms with Gasteiger partial charge in [-0.25, -0.2) is 0 Å². The van der Waals surface area contributed by atoms with Crippen LogP contribution in [0.5, 0.6) is 0 Å². The molecule has 314 valence electrons. The summed E-state index contributed by atoms with van der Waals surface area (Å²) in [5.41, 5.74) is 21.3. The van der Waals surface area contributed by atoms with Crippen molar-refractivity contribution in [2.75, 3.05) is 19.0 Å². The van der Waals surface area contributed by atoms with Crippen molar-refractivity contribution in [1.82, 2.24) is 0 Å². The number of hydrogen-bond acceptors (Lipinski definition) is 1. The average Bonchev–Trinajstić information content (AvgIpc) is 3.71. The third-order valence-electron chi connectivity index (χ3n) is 13.4. The van der Waals surface area contributed by atoms with Gasteiger partial charge in [-0.3, -0.25) is 0 Å². The fourth-order valence-electron chi connectivity index (χ4n) is 10.3. The molecule has 7 rings (SSSR count). The first-order valence-electron chi connectivity index (χ1n) is 21.7. The van der Waals surface area contributed by atoms with Crippen LogP contribution in [0.3, 0.4) is 0 Å². The SMILES string of the molecule is CC1=Cc2c(-c3ccc(C(C)(C)C)cc3)cccc2C1[Si](C)(CCCCCCc1ccc(N(C)C)cc1)C1C(C)=Cc2c(-c3ccc(C(C)(C)C)cc3)cccc21.[Cl-].[Cl-].[Zr+2]. The summed E-state index contributed by atoms with van der Waals surface area (Å²) in [6.45, 7) is 21.5. The summed E-state index contributed by atoms with van der Waals surface area (Å²) in [7, 11) is 2.12. The number of unbranched alkanes of at least 4 members (excludes halogenated alkanes) is 3. The van der Waals surface area contributed by atoms with Gasteiger partial charge in [-0.15, -0.1) is 0 Å². The van der Waals surface area contributed by atoms with Crippen LogP contribution in [-0.2, 0) is 43.5 Å². The molecule has 0 saturated carbocycles. The molecule has 0 bridgehead atoms. The number of allylic oxidation sites excluding steroid dienone is 2. The molecule has 0 fully saturated rings. The van der Waals surface area contributed by atoms with Gasteiger partial charge in [-0.05, 0) is 111 Å². The van der Waals surface area contributed by atoms with E-state index in [1.54, 1.807) is 22.3 Å². The monoisotopic (exact) mass is 929 g/mol. The number of hydrogen-bond donors (Lipinski definition) is 0. The summed E-state index contributed by atoms with van der Waals surface area (Å²) >= 11 is 0. The van der Waals surface area contributed by atoms with Gasteiger partial charge in [0.25, 0.3) is 0 Å². The van der Waals surface area contributed by atoms with Crippen molar-refractivity contribution in [3.63, 3.8) is 0 Å². The molecule has 2 unspecified atom stereocenters. The van der Waals surface area contributed by atoms with Gasteiger partial charge in [0.05, 0.1) is 8.07 Å². The number of aryl methyl sites for hydroxylation is 1. The van der Waals surface area contributed by atoms with Crippen LogP contribution in [0.1, 0.15) is 131 Å². The topological polar surface area (TPSA) is 3.24 Å². The van der Waals surface area contributed by atoms with Crippen molar-refractivity contribution in [3.8, 4) is 22.3 Å². The Morgan fingerprint density at radius 2 is 0.950 bits per heavy atom. The molecule has 0 saturated heterocycles. The largest absolute Gasteiger partial charge is 2.00 e. The summed E-state index contributed by atoms with van der Waals surface area (Å²) < 4.78 is 0. The molecule has 60 heavy (non-hydrogen) atoms. The number of benzene rings is 5. The first-order valence-corrected chi connectivity index (χ1v) is 24.5. The van der Waals surface area contributed by atoms with Crippen molar-refractivity contribution in [2.24, 2.45) is 0 Å². The number of nitrogens with zero attached hydrogens (tertiary/aromatic N) is 1. The van der Waals surface area contributed by atoms with E-state index in [1.807, 2.05) is 0 Å². The first kappa shape index (κ1) is 49.7. The Bertz CT molecular complexity index is 2140. The van der Waals surface area contributed by atoms with Gasteiger partial charge < -0.3 is 29.7 Å². The minimum atomic E-state index is -2.11. The van der Waals surface area contributed by atoms with E-state index in [9.17, 15) is 0 Å². The van der Waals surface area contributed by atoms with E-state index in [2.05, 4.69) is 202 Å². The third-order valence-corrected chi connectivity index (χ3v) is 19.0. The van der Waals surface area contributed by atoms with E-state index < -0.39 is 8.07 Å². The molecular formula is C55H67Cl2NSiZr. The quantitative estimate of drug-likeness (QED) is 0.0892. The van der Waals surface area contributed by atoms with E-state index in [-0.39, 0.29) is 61.8 Å². The molecule has 5 aromatic rings. The fraction of sp³-hybridized carbons (Fsp3) is 0.382. The summed E-state index contributed by atoms with van der Waals surface area (Å²) in [4.78, 5) is 2.18. The number of halogens is 2. The minimum Gasteiger partial charge on any atom is -1.00 e. The van der Waals surface area contributed by atoms with Crippen molar-refractivity contribution in [1.29, 1.82) is 0 Å². The van der Waals surface area contributed by atoms with Crippen molar-refractivity contribution >= 4 is 25.9 Å². The normalized spacial score (nSPS) is 16.6. The zero-order valence-corrected chi connectivity index (χ0v) is 43.1. The van der Waals surface area contributed by atoms with Crippen LogP contribution in [0.4, 0.5) is 5.69 Å². The van der Waals surface area contributed by atoms with Crippen LogP contribution in [0.2, 0.25) is 12.6 Å². The van der Waals surface area contributed by atoms with Crippen molar-refractivity contribution in [3.05, 3.63) is 159 Å². The second-order valence-corrected chi connectivity index (χ2v) is 24.6. The summed E-state index contributed by atoms with van der Waals surface area (Å²) in [5.74, 6) is 0. The second kappa shape index (κ2) is 20.1. The summed E-state index contributed by atoms with van der Waals surface area (Å²) in [5, 5.41) is 0. The molecule has 0 spiro atoms. The zero-order chi connectivity index (χ0) is 40.7. The van der Waals surface area contributed by atoms with Gasteiger partial charge in [0, 0.05) is 30.9 Å². The van der Waals surface area contributed by atoms with Gasteiger partial charge >= 0.3 is 26.2 Å². The maximum atomic E-state index is 2.78. The molecule has 5 aromatic carbocycles. The molecule has 0 N–H and O–H groups in total. The van der Waals surface area contributed by atoms with E-state index in [0.717, 1.165) is 6.42 Å². The fourth-order valence-corrected chi connectivity index (χ4v) is 16.4. The second-order valence-electron chi connectivity index (χ2n) is 19.9. The molecule has 2 aliphatic carbocycles. The van der Waals surface area contributed by atoms with Crippen molar-refractivity contribution < 1.29 is 51.0 Å². The Labute approximate surface area is 396 Å². The van der Waals surface area contributed by atoms with Crippen LogP contribution in [0, 0.1) is 0 Å². The predicted molar refractivity (Wildman–Crippen MR) is 253 cm³/mol. The van der Waals surface area contributed by atoms with Crippen LogP contribution < -0.4 is 29.7 Å². The Morgan fingerprint density at radius 3 is 1.35 bits per heavy atom. The number of fused-ring (bicyclic) bond motifs is 2. The van der Waals surface area contributed by atoms with E-state index in [0.29, 0.717) is 11.1 Å². The van der Waals surface area contributed by atoms with Gasteiger partial charge in [-0.1, -0.05) is 194 Å². The Balaban J connectivity index is 0.00000265. The Morgan fingerprint density at radius 1 is 0.533 bits per heavy atom. The molecule has 0 heterocycles. The molecular weight excluding hydrogens is 865 g/mol. The molecule has 2 aliphatic rings. The summed E-state index contributed by atoms with van der Waals surface area (Å²) in [6.07, 6.45) is 11.4. The summed E-state index contributed by atoms with van der Waals surface area (Å²) in [6, 6.07) is 43.6. The van der Waals surface area contributed by atoms with Crippen LogP contribution >= 0.6 is 0 Å². The standard InChI is InChI=1S/C55H67NSi.2ClH.Zr/c1-38-36-50-46(41-25-29-43(30-26-41)54(3,4)5)19-16-21-48(50)52(38)57(11,35-15-13-12-14-18-40-23-33-45(34-24-40)56(9)10)53-39(2)37-51-47(20-17-22-49(51)53)42-27-31-44(32-28-42)55(6,7)8;;;/h16-17,19-34,36-37,52-53H,12-15,18,35H2,1-11H3;2*1H;/q;;;+2/p-2. The van der Waals surface area contributed by atoms with Crippen LogP contribution in [0.15, 0.2) is 120 Å². The zero-order valence-electron chi connectivity index (χ0n) is 38.1.